The molecule has 2 aromatic carbocycles. The fourth-order valence-electron chi connectivity index (χ4n) is 1.30. The Labute approximate surface area is 123 Å². The van der Waals surface area contributed by atoms with Crippen molar-refractivity contribution >= 4 is 22.6 Å². The van der Waals surface area contributed by atoms with Crippen molar-refractivity contribution in [1.29, 1.82) is 0 Å². The van der Waals surface area contributed by atoms with E-state index in [0.29, 0.717) is 3.57 Å². The van der Waals surface area contributed by atoms with Crippen LogP contribution in [0.15, 0.2) is 30.3 Å². The van der Waals surface area contributed by atoms with Gasteiger partial charge in [-0.05, 0) is 71.8 Å². The normalized spacial score (nSPS) is 9.74. The van der Waals surface area contributed by atoms with Crippen molar-refractivity contribution in [3.8, 4) is 11.5 Å². The molecule has 0 atom stereocenters. The van der Waals surface area contributed by atoms with Crippen molar-refractivity contribution in [2.45, 2.75) is 13.8 Å². The third-order valence-corrected chi connectivity index (χ3v) is 3.09. The van der Waals surface area contributed by atoms with Gasteiger partial charge in [0.1, 0.15) is 0 Å². The lowest BCUT2D eigenvalue weighted by Crippen LogP contribution is -1.82. The average Bonchev–Trinajstić information content (AvgIpc) is 2.32. The monoisotopic (exact) mass is 378 g/mol. The number of phenols is 2. The summed E-state index contributed by atoms with van der Waals surface area (Å²) in [6.07, 6.45) is 0. The standard InChI is InChI=1S/C7H6FIO.C7H7FO/c1-4-2-5(8)7(10)6(9)3-4;1-5-2-3-7(9)6(8)4-5/h2-3,10H,1H3;2-4,9H,1H3. The van der Waals surface area contributed by atoms with Gasteiger partial charge < -0.3 is 10.2 Å². The van der Waals surface area contributed by atoms with E-state index in [4.69, 9.17) is 10.2 Å². The van der Waals surface area contributed by atoms with Gasteiger partial charge in [-0.3, -0.25) is 0 Å². The van der Waals surface area contributed by atoms with Crippen molar-refractivity contribution in [3.05, 3.63) is 56.7 Å². The van der Waals surface area contributed by atoms with Crippen LogP contribution in [0.4, 0.5) is 8.78 Å². The first-order chi connectivity index (χ1) is 8.81. The number of rotatable bonds is 0. The molecule has 102 valence electrons. The molecule has 0 aliphatic rings. The van der Waals surface area contributed by atoms with E-state index in [1.54, 1.807) is 26.0 Å². The number of hydrogen-bond acceptors (Lipinski definition) is 2. The number of phenolic OH excluding ortho intramolecular Hbond substituents is 2. The molecule has 2 aromatic rings. The molecule has 0 unspecified atom stereocenters. The topological polar surface area (TPSA) is 40.5 Å². The summed E-state index contributed by atoms with van der Waals surface area (Å²) in [5, 5.41) is 17.6. The summed E-state index contributed by atoms with van der Waals surface area (Å²) in [5.41, 5.74) is 1.63. The minimum absolute atomic E-state index is 0.258. The predicted molar refractivity (Wildman–Crippen MR) is 78.3 cm³/mol. The Balaban J connectivity index is 0.000000191. The third kappa shape index (κ3) is 4.66. The van der Waals surface area contributed by atoms with Crippen LogP contribution in [-0.4, -0.2) is 10.2 Å². The third-order valence-electron chi connectivity index (χ3n) is 2.26. The lowest BCUT2D eigenvalue weighted by molar-refractivity contribution is 0.428. The molecule has 0 aromatic heterocycles. The molecule has 0 heterocycles. The molecule has 0 fully saturated rings. The first-order valence-corrected chi connectivity index (χ1v) is 6.49. The first-order valence-electron chi connectivity index (χ1n) is 5.41. The van der Waals surface area contributed by atoms with Crippen LogP contribution in [0.25, 0.3) is 0 Å². The molecule has 0 spiro atoms. The Morgan fingerprint density at radius 1 is 0.895 bits per heavy atom. The number of halogens is 3. The lowest BCUT2D eigenvalue weighted by atomic mass is 10.2. The van der Waals surface area contributed by atoms with E-state index < -0.39 is 11.6 Å². The van der Waals surface area contributed by atoms with Gasteiger partial charge in [0.05, 0.1) is 3.57 Å². The Kier molecular flexibility index (Phi) is 5.53. The minimum atomic E-state index is -0.560. The summed E-state index contributed by atoms with van der Waals surface area (Å²) in [5.74, 6) is -1.66. The maximum atomic E-state index is 12.6. The van der Waals surface area contributed by atoms with E-state index in [2.05, 4.69) is 0 Å². The SMILES string of the molecule is Cc1cc(F)c(O)c(I)c1.Cc1ccc(O)c(F)c1. The second-order valence-corrected chi connectivity index (χ2v) is 5.19. The average molecular weight is 378 g/mol. The molecule has 0 aliphatic heterocycles. The Morgan fingerprint density at radius 2 is 1.47 bits per heavy atom. The quantitative estimate of drug-likeness (QED) is 0.672. The lowest BCUT2D eigenvalue weighted by Gasteiger charge is -1.98. The van der Waals surface area contributed by atoms with Gasteiger partial charge in [0, 0.05) is 0 Å². The second kappa shape index (κ2) is 6.70. The summed E-state index contributed by atoms with van der Waals surface area (Å²) in [6.45, 7) is 3.55. The fourth-order valence-corrected chi connectivity index (χ4v) is 2.05. The number of aromatic hydroxyl groups is 2. The van der Waals surface area contributed by atoms with Gasteiger partial charge in [-0.2, -0.15) is 0 Å². The Hall–Kier alpha value is -1.37. The Morgan fingerprint density at radius 3 is 1.95 bits per heavy atom. The maximum absolute atomic E-state index is 12.6. The number of aryl methyl sites for hydroxylation is 2. The molecular weight excluding hydrogens is 365 g/mol. The molecule has 19 heavy (non-hydrogen) atoms. The van der Waals surface area contributed by atoms with Gasteiger partial charge in [-0.1, -0.05) is 6.07 Å². The number of hydrogen-bond donors (Lipinski definition) is 2. The van der Waals surface area contributed by atoms with Gasteiger partial charge in [0.25, 0.3) is 0 Å². The largest absolute Gasteiger partial charge is 0.505 e. The smallest absolute Gasteiger partial charge is 0.166 e. The number of benzene rings is 2. The van der Waals surface area contributed by atoms with Crippen molar-refractivity contribution in [3.63, 3.8) is 0 Å². The van der Waals surface area contributed by atoms with Crippen LogP contribution < -0.4 is 0 Å². The van der Waals surface area contributed by atoms with E-state index in [9.17, 15) is 8.78 Å². The van der Waals surface area contributed by atoms with Crippen LogP contribution in [0, 0.1) is 29.1 Å². The summed E-state index contributed by atoms with van der Waals surface area (Å²) in [7, 11) is 0. The van der Waals surface area contributed by atoms with Crippen molar-refractivity contribution < 1.29 is 19.0 Å². The van der Waals surface area contributed by atoms with Gasteiger partial charge in [0.2, 0.25) is 0 Å². The van der Waals surface area contributed by atoms with Crippen molar-refractivity contribution in [2.75, 3.05) is 0 Å². The summed E-state index contributed by atoms with van der Waals surface area (Å²) in [6, 6.07) is 7.30. The molecule has 5 heteroatoms. The predicted octanol–water partition coefficient (Wildman–Crippen LogP) is 4.28. The molecule has 0 aliphatic carbocycles. The van der Waals surface area contributed by atoms with E-state index in [1.165, 1.54) is 18.2 Å². The molecule has 0 saturated carbocycles. The first kappa shape index (κ1) is 15.7. The molecule has 0 saturated heterocycles. The van der Waals surface area contributed by atoms with Crippen molar-refractivity contribution in [1.82, 2.24) is 0 Å². The highest BCUT2D eigenvalue weighted by molar-refractivity contribution is 14.1. The zero-order chi connectivity index (χ0) is 14.6. The maximum Gasteiger partial charge on any atom is 0.166 e. The van der Waals surface area contributed by atoms with E-state index in [0.717, 1.165) is 11.1 Å². The van der Waals surface area contributed by atoms with Gasteiger partial charge in [-0.15, -0.1) is 0 Å². The van der Waals surface area contributed by atoms with Crippen molar-refractivity contribution in [2.24, 2.45) is 0 Å². The van der Waals surface area contributed by atoms with Gasteiger partial charge in [-0.25, -0.2) is 8.78 Å². The highest BCUT2D eigenvalue weighted by Crippen LogP contribution is 2.23. The molecule has 0 amide bonds. The zero-order valence-electron chi connectivity index (χ0n) is 10.4. The second-order valence-electron chi connectivity index (χ2n) is 4.03. The van der Waals surface area contributed by atoms with Crippen LogP contribution in [0.2, 0.25) is 0 Å². The molecule has 0 radical (unpaired) electrons. The van der Waals surface area contributed by atoms with Crippen LogP contribution in [0.3, 0.4) is 0 Å². The highest BCUT2D eigenvalue weighted by atomic mass is 127. The molecule has 2 rings (SSSR count). The molecule has 2 nitrogen and oxygen atoms in total. The van der Waals surface area contributed by atoms with Crippen LogP contribution in [-0.2, 0) is 0 Å². The van der Waals surface area contributed by atoms with E-state index >= 15 is 0 Å². The summed E-state index contributed by atoms with van der Waals surface area (Å²) >= 11 is 1.89. The van der Waals surface area contributed by atoms with Crippen LogP contribution in [0.1, 0.15) is 11.1 Å². The van der Waals surface area contributed by atoms with E-state index in [1.807, 2.05) is 22.6 Å². The van der Waals surface area contributed by atoms with Crippen LogP contribution in [0.5, 0.6) is 11.5 Å². The zero-order valence-corrected chi connectivity index (χ0v) is 12.6. The van der Waals surface area contributed by atoms with Gasteiger partial charge >= 0.3 is 0 Å². The Bertz CT molecular complexity index is 563. The summed E-state index contributed by atoms with van der Waals surface area (Å²) in [4.78, 5) is 0. The minimum Gasteiger partial charge on any atom is -0.505 e. The molecule has 2 N–H and O–H groups in total. The summed E-state index contributed by atoms with van der Waals surface area (Å²) < 4.78 is 25.5. The molecule has 0 bridgehead atoms. The molecular formula is C14H13F2IO2. The van der Waals surface area contributed by atoms with E-state index in [-0.39, 0.29) is 11.5 Å². The fraction of sp³-hybridized carbons (Fsp3) is 0.143. The highest BCUT2D eigenvalue weighted by Gasteiger charge is 2.04. The van der Waals surface area contributed by atoms with Gasteiger partial charge in [0.15, 0.2) is 23.1 Å². The van der Waals surface area contributed by atoms with Crippen LogP contribution >= 0.6 is 22.6 Å².